The molecule has 124 valence electrons. The Morgan fingerprint density at radius 2 is 1.73 bits per heavy atom. The van der Waals surface area contributed by atoms with Crippen LogP contribution in [0.2, 0.25) is 0 Å². The lowest BCUT2D eigenvalue weighted by Crippen LogP contribution is -2.44. The first-order valence-electron chi connectivity index (χ1n) is 8.77. The fraction of sp³-hybridized carbons (Fsp3) is 0.882. The summed E-state index contributed by atoms with van der Waals surface area (Å²) in [6.07, 6.45) is 5.30. The van der Waals surface area contributed by atoms with E-state index in [1.807, 2.05) is 0 Å². The summed E-state index contributed by atoms with van der Waals surface area (Å²) < 4.78 is 5.52. The molecule has 0 spiro atoms. The summed E-state index contributed by atoms with van der Waals surface area (Å²) in [5.41, 5.74) is -0.0514. The van der Waals surface area contributed by atoms with Crippen molar-refractivity contribution >= 4 is 0 Å². The van der Waals surface area contributed by atoms with Crippen molar-refractivity contribution in [2.24, 2.45) is 0 Å². The average Bonchev–Trinajstić information content (AvgIpc) is 3.17. The number of aromatic nitrogens is 2. The maximum Gasteiger partial charge on any atom is 0.243 e. The van der Waals surface area contributed by atoms with Crippen LogP contribution in [0.4, 0.5) is 0 Å². The van der Waals surface area contributed by atoms with Crippen molar-refractivity contribution in [3.05, 3.63) is 11.7 Å². The third-order valence-corrected chi connectivity index (χ3v) is 5.17. The van der Waals surface area contributed by atoms with Crippen molar-refractivity contribution in [1.29, 1.82) is 0 Å². The second kappa shape index (κ2) is 6.28. The summed E-state index contributed by atoms with van der Waals surface area (Å²) in [4.78, 5) is 9.80. The van der Waals surface area contributed by atoms with Crippen molar-refractivity contribution in [3.8, 4) is 0 Å². The highest BCUT2D eigenvalue weighted by Crippen LogP contribution is 2.28. The second-order valence-corrected chi connectivity index (χ2v) is 7.89. The van der Waals surface area contributed by atoms with Crippen molar-refractivity contribution in [1.82, 2.24) is 19.9 Å². The van der Waals surface area contributed by atoms with Crippen LogP contribution >= 0.6 is 0 Å². The van der Waals surface area contributed by atoms with E-state index in [9.17, 15) is 0 Å². The highest BCUT2D eigenvalue weighted by Gasteiger charge is 2.31. The summed E-state index contributed by atoms with van der Waals surface area (Å²) >= 11 is 0. The number of hydrogen-bond donors (Lipinski definition) is 0. The Morgan fingerprint density at radius 1 is 1.09 bits per heavy atom. The van der Waals surface area contributed by atoms with Crippen LogP contribution in [0.5, 0.6) is 0 Å². The molecule has 0 radical (unpaired) electrons. The van der Waals surface area contributed by atoms with Crippen molar-refractivity contribution in [2.45, 2.75) is 70.9 Å². The summed E-state index contributed by atoms with van der Waals surface area (Å²) in [6, 6.07) is 1.02. The number of hydrogen-bond acceptors (Lipinski definition) is 5. The largest absolute Gasteiger partial charge is 0.338 e. The van der Waals surface area contributed by atoms with Crippen molar-refractivity contribution in [2.75, 3.05) is 26.2 Å². The molecular formula is C17H30N4O. The van der Waals surface area contributed by atoms with Crippen molar-refractivity contribution in [3.63, 3.8) is 0 Å². The van der Waals surface area contributed by atoms with E-state index in [4.69, 9.17) is 4.52 Å². The molecule has 2 fully saturated rings. The highest BCUT2D eigenvalue weighted by molar-refractivity contribution is 5.02. The van der Waals surface area contributed by atoms with E-state index in [0.717, 1.165) is 30.8 Å². The molecule has 1 atom stereocenters. The van der Waals surface area contributed by atoms with Gasteiger partial charge >= 0.3 is 0 Å². The van der Waals surface area contributed by atoms with Crippen LogP contribution in [0.3, 0.4) is 0 Å². The van der Waals surface area contributed by atoms with Crippen LogP contribution in [0.1, 0.15) is 71.1 Å². The van der Waals surface area contributed by atoms with Crippen LogP contribution in [0.15, 0.2) is 4.52 Å². The number of nitrogens with zero attached hydrogens (tertiary/aromatic N) is 4. The molecule has 0 unspecified atom stereocenters. The molecule has 2 saturated heterocycles. The summed E-state index contributed by atoms with van der Waals surface area (Å²) in [5.74, 6) is 1.57. The monoisotopic (exact) mass is 306 g/mol. The Labute approximate surface area is 134 Å². The third kappa shape index (κ3) is 3.35. The topological polar surface area (TPSA) is 45.4 Å². The summed E-state index contributed by atoms with van der Waals surface area (Å²) in [6.45, 7) is 13.4. The first kappa shape index (κ1) is 15.9. The van der Waals surface area contributed by atoms with Gasteiger partial charge in [-0.25, -0.2) is 0 Å². The lowest BCUT2D eigenvalue weighted by Gasteiger charge is -2.38. The first-order valence-corrected chi connectivity index (χ1v) is 8.77. The van der Waals surface area contributed by atoms with Gasteiger partial charge in [-0.2, -0.15) is 4.98 Å². The Balaban J connectivity index is 1.57. The molecule has 22 heavy (non-hydrogen) atoms. The zero-order valence-corrected chi connectivity index (χ0v) is 14.5. The highest BCUT2D eigenvalue weighted by atomic mass is 16.5. The lowest BCUT2D eigenvalue weighted by atomic mass is 9.96. The van der Waals surface area contributed by atoms with E-state index >= 15 is 0 Å². The molecule has 2 aliphatic rings. The molecule has 3 rings (SSSR count). The van der Waals surface area contributed by atoms with Crippen LogP contribution in [0.25, 0.3) is 0 Å². The molecule has 1 aromatic rings. The lowest BCUT2D eigenvalue weighted by molar-refractivity contribution is 0.0890. The third-order valence-electron chi connectivity index (χ3n) is 5.17. The minimum Gasteiger partial charge on any atom is -0.338 e. The molecule has 5 nitrogen and oxygen atoms in total. The fourth-order valence-corrected chi connectivity index (χ4v) is 3.61. The predicted molar refractivity (Wildman–Crippen MR) is 86.8 cm³/mol. The number of rotatable bonds is 3. The Hall–Kier alpha value is -0.940. The van der Waals surface area contributed by atoms with E-state index < -0.39 is 0 Å². The van der Waals surface area contributed by atoms with Gasteiger partial charge in [0.2, 0.25) is 5.89 Å². The molecule has 0 bridgehead atoms. The molecule has 0 N–H and O–H groups in total. The van der Waals surface area contributed by atoms with E-state index in [1.54, 1.807) is 0 Å². The SMILES string of the molecule is C[C@H](c1nc(C(C)(C)C)no1)N1CCC(N2CCCC2)CC1. The zero-order chi connectivity index (χ0) is 15.7. The van der Waals surface area contributed by atoms with Gasteiger partial charge in [0.05, 0.1) is 6.04 Å². The number of likely N-dealkylation sites (tertiary alicyclic amines) is 2. The van der Waals surface area contributed by atoms with Gasteiger partial charge in [-0.05, 0) is 45.7 Å². The molecule has 5 heteroatoms. The zero-order valence-electron chi connectivity index (χ0n) is 14.5. The molecular weight excluding hydrogens is 276 g/mol. The molecule has 0 saturated carbocycles. The van der Waals surface area contributed by atoms with Gasteiger partial charge in [0.15, 0.2) is 5.82 Å². The van der Waals surface area contributed by atoms with E-state index in [1.165, 1.54) is 38.8 Å². The molecule has 0 aromatic carbocycles. The molecule has 1 aromatic heterocycles. The maximum atomic E-state index is 5.52. The van der Waals surface area contributed by atoms with Crippen LogP contribution in [-0.2, 0) is 5.41 Å². The van der Waals surface area contributed by atoms with E-state index in [2.05, 4.69) is 47.6 Å². The molecule has 0 amide bonds. The number of piperidine rings is 1. The summed E-state index contributed by atoms with van der Waals surface area (Å²) in [7, 11) is 0. The first-order chi connectivity index (χ1) is 10.4. The van der Waals surface area contributed by atoms with Gasteiger partial charge in [0.25, 0.3) is 0 Å². The molecule has 3 heterocycles. The second-order valence-electron chi connectivity index (χ2n) is 7.89. The van der Waals surface area contributed by atoms with Crippen LogP contribution in [0, 0.1) is 0 Å². The minimum absolute atomic E-state index is 0.0514. The van der Waals surface area contributed by atoms with Crippen LogP contribution in [-0.4, -0.2) is 52.2 Å². The van der Waals surface area contributed by atoms with Gasteiger partial charge in [0, 0.05) is 24.5 Å². The predicted octanol–water partition coefficient (Wildman–Crippen LogP) is 2.99. The normalized spacial score (nSPS) is 24.0. The van der Waals surface area contributed by atoms with Gasteiger partial charge in [-0.3, -0.25) is 4.90 Å². The van der Waals surface area contributed by atoms with E-state index in [-0.39, 0.29) is 11.5 Å². The van der Waals surface area contributed by atoms with Crippen LogP contribution < -0.4 is 0 Å². The van der Waals surface area contributed by atoms with Gasteiger partial charge in [-0.15, -0.1) is 0 Å². The Kier molecular flexibility index (Phi) is 4.55. The van der Waals surface area contributed by atoms with Crippen molar-refractivity contribution < 1.29 is 4.52 Å². The van der Waals surface area contributed by atoms with Gasteiger partial charge < -0.3 is 9.42 Å². The summed E-state index contributed by atoms with van der Waals surface area (Å²) in [5, 5.41) is 4.16. The minimum atomic E-state index is -0.0514. The standard InChI is InChI=1S/C17H30N4O/c1-13(15-18-16(19-22-15)17(2,3)4)20-11-7-14(8-12-20)21-9-5-6-10-21/h13-14H,5-12H2,1-4H3/t13-/m1/s1. The quantitative estimate of drug-likeness (QED) is 0.859. The Morgan fingerprint density at radius 3 is 2.27 bits per heavy atom. The average molecular weight is 306 g/mol. The smallest absolute Gasteiger partial charge is 0.243 e. The fourth-order valence-electron chi connectivity index (χ4n) is 3.61. The Bertz CT molecular complexity index is 479. The maximum absolute atomic E-state index is 5.52. The molecule has 0 aliphatic carbocycles. The molecule has 2 aliphatic heterocycles. The van der Waals surface area contributed by atoms with Gasteiger partial charge in [0.1, 0.15) is 0 Å². The van der Waals surface area contributed by atoms with E-state index in [0.29, 0.717) is 0 Å². The van der Waals surface area contributed by atoms with Gasteiger partial charge in [-0.1, -0.05) is 25.9 Å².